The smallest absolute Gasteiger partial charge is 0.228 e. The number of likely N-dealkylation sites (N-methyl/N-ethyl adjacent to an activating group) is 1. The molecule has 0 aliphatic heterocycles. The third-order valence-electron chi connectivity index (χ3n) is 2.63. The number of rotatable bonds is 5. The molecule has 0 aliphatic carbocycles. The predicted octanol–water partition coefficient (Wildman–Crippen LogP) is 1.21. The minimum Gasteiger partial charge on any atom is -0.397 e. The topological polar surface area (TPSA) is 83.0 Å². The van der Waals surface area contributed by atoms with Gasteiger partial charge in [0.15, 0.2) is 0 Å². The second kappa shape index (κ2) is 6.60. The Hall–Kier alpha value is -2.09. The molecule has 0 radical (unpaired) electrons. The van der Waals surface area contributed by atoms with Crippen LogP contribution in [-0.2, 0) is 11.2 Å². The van der Waals surface area contributed by atoms with Gasteiger partial charge in [0.05, 0.1) is 30.3 Å². The van der Waals surface area contributed by atoms with E-state index in [0.717, 1.165) is 0 Å². The number of amides is 1. The lowest BCUT2D eigenvalue weighted by Crippen LogP contribution is -2.35. The Balaban J connectivity index is 2.62. The molecule has 1 aromatic heterocycles. The molecule has 5 nitrogen and oxygen atoms in total. The number of nitrogens with zero attached hydrogens (tertiary/aromatic N) is 3. The second-order valence-corrected chi connectivity index (χ2v) is 4.22. The summed E-state index contributed by atoms with van der Waals surface area (Å²) in [5, 5.41) is 8.77. The number of nitrogen functional groups attached to an aromatic ring is 1. The zero-order chi connectivity index (χ0) is 13.5. The molecule has 18 heavy (non-hydrogen) atoms. The van der Waals surface area contributed by atoms with Crippen LogP contribution in [0.15, 0.2) is 18.3 Å². The summed E-state index contributed by atoms with van der Waals surface area (Å²) in [7, 11) is 0. The van der Waals surface area contributed by atoms with Crippen LogP contribution in [0.25, 0.3) is 0 Å². The third-order valence-corrected chi connectivity index (χ3v) is 2.63. The molecular weight excluding hydrogens is 228 g/mol. The monoisotopic (exact) mass is 246 g/mol. The lowest BCUT2D eigenvalue weighted by atomic mass is 10.1. The Labute approximate surface area is 107 Å². The minimum atomic E-state index is -0.159. The highest BCUT2D eigenvalue weighted by molar-refractivity contribution is 5.78. The van der Waals surface area contributed by atoms with Crippen LogP contribution in [-0.4, -0.2) is 28.9 Å². The molecule has 0 saturated carbocycles. The highest BCUT2D eigenvalue weighted by atomic mass is 16.2. The molecule has 0 aromatic carbocycles. The third kappa shape index (κ3) is 4.06. The zero-order valence-electron chi connectivity index (χ0n) is 10.8. The first-order valence-electron chi connectivity index (χ1n) is 5.94. The molecule has 2 N–H and O–H groups in total. The molecule has 1 atom stereocenters. The van der Waals surface area contributed by atoms with Crippen molar-refractivity contribution in [1.82, 2.24) is 9.88 Å². The van der Waals surface area contributed by atoms with Crippen LogP contribution < -0.4 is 5.73 Å². The van der Waals surface area contributed by atoms with Gasteiger partial charge in [0.2, 0.25) is 5.91 Å². The highest BCUT2D eigenvalue weighted by Gasteiger charge is 2.15. The summed E-state index contributed by atoms with van der Waals surface area (Å²) in [5.41, 5.74) is 6.81. The number of aromatic nitrogens is 1. The van der Waals surface area contributed by atoms with Crippen molar-refractivity contribution in [2.24, 2.45) is 5.92 Å². The van der Waals surface area contributed by atoms with Gasteiger partial charge < -0.3 is 10.6 Å². The molecule has 1 amide bonds. The van der Waals surface area contributed by atoms with Crippen LogP contribution >= 0.6 is 0 Å². The second-order valence-electron chi connectivity index (χ2n) is 4.22. The van der Waals surface area contributed by atoms with E-state index in [1.165, 1.54) is 6.20 Å². The van der Waals surface area contributed by atoms with Gasteiger partial charge in [0.1, 0.15) is 0 Å². The fraction of sp³-hybridized carbons (Fsp3) is 0.462. The first-order chi connectivity index (χ1) is 8.56. The number of pyridine rings is 1. The van der Waals surface area contributed by atoms with Crippen molar-refractivity contribution in [2.75, 3.05) is 18.8 Å². The van der Waals surface area contributed by atoms with Gasteiger partial charge in [-0.2, -0.15) is 5.26 Å². The maximum absolute atomic E-state index is 12.0. The molecule has 0 spiro atoms. The van der Waals surface area contributed by atoms with E-state index in [0.29, 0.717) is 24.5 Å². The van der Waals surface area contributed by atoms with Gasteiger partial charge in [-0.1, -0.05) is 0 Å². The Morgan fingerprint density at radius 1 is 1.61 bits per heavy atom. The van der Waals surface area contributed by atoms with Crippen LogP contribution in [0.3, 0.4) is 0 Å². The maximum Gasteiger partial charge on any atom is 0.228 e. The summed E-state index contributed by atoms with van der Waals surface area (Å²) in [4.78, 5) is 17.8. The Kier molecular flexibility index (Phi) is 5.12. The maximum atomic E-state index is 12.0. The Bertz CT molecular complexity index is 435. The lowest BCUT2D eigenvalue weighted by Gasteiger charge is -2.21. The van der Waals surface area contributed by atoms with E-state index in [9.17, 15) is 4.79 Å². The van der Waals surface area contributed by atoms with Crippen LogP contribution in [0.1, 0.15) is 19.5 Å². The Morgan fingerprint density at radius 2 is 2.33 bits per heavy atom. The zero-order valence-corrected chi connectivity index (χ0v) is 10.8. The summed E-state index contributed by atoms with van der Waals surface area (Å²) >= 11 is 0. The number of nitrogens with two attached hydrogens (primary N) is 1. The summed E-state index contributed by atoms with van der Waals surface area (Å²) < 4.78 is 0. The number of anilines is 1. The van der Waals surface area contributed by atoms with Crippen LogP contribution in [0, 0.1) is 17.2 Å². The van der Waals surface area contributed by atoms with Crippen molar-refractivity contribution in [1.29, 1.82) is 5.26 Å². The fourth-order valence-corrected chi connectivity index (χ4v) is 1.59. The van der Waals surface area contributed by atoms with Crippen molar-refractivity contribution >= 4 is 11.6 Å². The molecule has 1 unspecified atom stereocenters. The number of hydrogen-bond donors (Lipinski definition) is 1. The molecular formula is C13H18N4O. The van der Waals surface area contributed by atoms with Crippen molar-refractivity contribution in [3.8, 4) is 6.07 Å². The SMILES string of the molecule is CCN(CC(C)C#N)C(=O)Cc1ccc(N)cn1. The van der Waals surface area contributed by atoms with E-state index in [-0.39, 0.29) is 18.2 Å². The van der Waals surface area contributed by atoms with Gasteiger partial charge in [-0.05, 0) is 26.0 Å². The normalized spacial score (nSPS) is 11.6. The van der Waals surface area contributed by atoms with Gasteiger partial charge >= 0.3 is 0 Å². The summed E-state index contributed by atoms with van der Waals surface area (Å²) in [6, 6.07) is 5.60. The van der Waals surface area contributed by atoms with Gasteiger partial charge in [0.25, 0.3) is 0 Å². The van der Waals surface area contributed by atoms with E-state index in [2.05, 4.69) is 11.1 Å². The van der Waals surface area contributed by atoms with Gasteiger partial charge in [-0.15, -0.1) is 0 Å². The van der Waals surface area contributed by atoms with E-state index in [4.69, 9.17) is 11.0 Å². The molecule has 1 rings (SSSR count). The number of nitriles is 1. The first kappa shape index (κ1) is 14.0. The van der Waals surface area contributed by atoms with E-state index in [1.807, 2.05) is 6.92 Å². The molecule has 1 aromatic rings. The first-order valence-corrected chi connectivity index (χ1v) is 5.94. The Morgan fingerprint density at radius 3 is 2.83 bits per heavy atom. The molecule has 0 bridgehead atoms. The summed E-state index contributed by atoms with van der Waals surface area (Å²) in [5.74, 6) is -0.176. The molecule has 0 fully saturated rings. The molecule has 1 heterocycles. The van der Waals surface area contributed by atoms with E-state index < -0.39 is 0 Å². The van der Waals surface area contributed by atoms with Crippen molar-refractivity contribution in [3.05, 3.63) is 24.0 Å². The van der Waals surface area contributed by atoms with Gasteiger partial charge in [-0.3, -0.25) is 9.78 Å². The molecule has 5 heteroatoms. The highest BCUT2D eigenvalue weighted by Crippen LogP contribution is 2.06. The van der Waals surface area contributed by atoms with Crippen LogP contribution in [0.5, 0.6) is 0 Å². The van der Waals surface area contributed by atoms with Crippen LogP contribution in [0.4, 0.5) is 5.69 Å². The van der Waals surface area contributed by atoms with Crippen molar-refractivity contribution in [2.45, 2.75) is 20.3 Å². The average Bonchev–Trinajstić information content (AvgIpc) is 2.38. The minimum absolute atomic E-state index is 0.0168. The van der Waals surface area contributed by atoms with Gasteiger partial charge in [0, 0.05) is 18.8 Å². The molecule has 0 saturated heterocycles. The predicted molar refractivity (Wildman–Crippen MR) is 69.4 cm³/mol. The largest absolute Gasteiger partial charge is 0.397 e. The van der Waals surface area contributed by atoms with Gasteiger partial charge in [-0.25, -0.2) is 0 Å². The molecule has 96 valence electrons. The van der Waals surface area contributed by atoms with E-state index >= 15 is 0 Å². The van der Waals surface area contributed by atoms with Crippen molar-refractivity contribution in [3.63, 3.8) is 0 Å². The lowest BCUT2D eigenvalue weighted by molar-refractivity contribution is -0.130. The van der Waals surface area contributed by atoms with E-state index in [1.54, 1.807) is 24.0 Å². The number of carbonyl (C=O) groups excluding carboxylic acids is 1. The quantitative estimate of drug-likeness (QED) is 0.846. The molecule has 0 aliphatic rings. The summed E-state index contributed by atoms with van der Waals surface area (Å²) in [6.07, 6.45) is 1.78. The standard InChI is InChI=1S/C13H18N4O/c1-3-17(9-10(2)7-14)13(18)6-12-5-4-11(15)8-16-12/h4-5,8,10H,3,6,9,15H2,1-2H3. The van der Waals surface area contributed by atoms with Crippen LogP contribution in [0.2, 0.25) is 0 Å². The number of hydrogen-bond acceptors (Lipinski definition) is 4. The average molecular weight is 246 g/mol. The fourth-order valence-electron chi connectivity index (χ4n) is 1.59. The summed E-state index contributed by atoms with van der Waals surface area (Å²) in [6.45, 7) is 4.76. The van der Waals surface area contributed by atoms with Crippen molar-refractivity contribution < 1.29 is 4.79 Å². The number of carbonyl (C=O) groups is 1.